The summed E-state index contributed by atoms with van der Waals surface area (Å²) in [5.74, 6) is 1.03. The molecule has 2 aliphatic rings. The number of carbonyl (C=O) groups is 1. The SMILES string of the molecule is COc1ccc(N2C(=O)[C@@H](CN3CCN(C)CC3)[C@H]2c2ccccc2)cc1. The fourth-order valence-corrected chi connectivity index (χ4v) is 4.10. The first-order valence-electron chi connectivity index (χ1n) is 9.60. The van der Waals surface area contributed by atoms with Crippen LogP contribution in [0.3, 0.4) is 0 Å². The standard InChI is InChI=1S/C22H27N3O2/c1-23-12-14-24(15-13-23)16-20-21(17-6-4-3-5-7-17)25(22(20)26)18-8-10-19(27-2)11-9-18/h3-11,20-21H,12-16H2,1-2H3/t20-,21+/m0/s1. The molecule has 0 saturated carbocycles. The number of rotatable bonds is 5. The number of amides is 1. The van der Waals surface area contributed by atoms with Gasteiger partial charge in [-0.15, -0.1) is 0 Å². The van der Waals surface area contributed by atoms with Crippen molar-refractivity contribution in [3.8, 4) is 5.75 Å². The maximum atomic E-state index is 13.1. The van der Waals surface area contributed by atoms with Gasteiger partial charge in [-0.05, 0) is 36.9 Å². The molecule has 4 rings (SSSR count). The second-order valence-corrected chi connectivity index (χ2v) is 7.47. The molecule has 5 nitrogen and oxygen atoms in total. The number of likely N-dealkylation sites (N-methyl/N-ethyl adjacent to an activating group) is 1. The Morgan fingerprint density at radius 3 is 2.26 bits per heavy atom. The van der Waals surface area contributed by atoms with Gasteiger partial charge in [0.25, 0.3) is 0 Å². The Bertz CT molecular complexity index is 770. The molecule has 2 heterocycles. The number of ether oxygens (including phenoxy) is 1. The van der Waals surface area contributed by atoms with Crippen LogP contribution in [0.4, 0.5) is 5.69 Å². The third kappa shape index (κ3) is 3.57. The highest BCUT2D eigenvalue weighted by atomic mass is 16.5. The van der Waals surface area contributed by atoms with E-state index in [4.69, 9.17) is 4.74 Å². The highest BCUT2D eigenvalue weighted by Crippen LogP contribution is 2.44. The number of hydrogen-bond donors (Lipinski definition) is 0. The highest BCUT2D eigenvalue weighted by molar-refractivity contribution is 6.03. The molecule has 2 saturated heterocycles. The molecule has 0 radical (unpaired) electrons. The van der Waals surface area contributed by atoms with Crippen LogP contribution in [-0.2, 0) is 4.79 Å². The fraction of sp³-hybridized carbons (Fsp3) is 0.409. The summed E-state index contributed by atoms with van der Waals surface area (Å²) in [6.45, 7) is 5.03. The zero-order valence-corrected chi connectivity index (χ0v) is 16.0. The monoisotopic (exact) mass is 365 g/mol. The predicted octanol–water partition coefficient (Wildman–Crippen LogP) is 2.65. The van der Waals surface area contributed by atoms with Gasteiger partial charge in [0.15, 0.2) is 0 Å². The highest BCUT2D eigenvalue weighted by Gasteiger charge is 2.49. The van der Waals surface area contributed by atoms with E-state index < -0.39 is 0 Å². The Morgan fingerprint density at radius 1 is 0.963 bits per heavy atom. The molecule has 27 heavy (non-hydrogen) atoms. The summed E-state index contributed by atoms with van der Waals surface area (Å²) in [6, 6.07) is 18.3. The first-order chi connectivity index (χ1) is 13.2. The van der Waals surface area contributed by atoms with Gasteiger partial charge in [-0.3, -0.25) is 9.69 Å². The number of hydrogen-bond acceptors (Lipinski definition) is 4. The van der Waals surface area contributed by atoms with E-state index >= 15 is 0 Å². The summed E-state index contributed by atoms with van der Waals surface area (Å²) in [4.78, 5) is 19.8. The van der Waals surface area contributed by atoms with Crippen LogP contribution in [0.25, 0.3) is 0 Å². The van der Waals surface area contributed by atoms with Gasteiger partial charge < -0.3 is 14.5 Å². The Labute approximate surface area is 161 Å². The average molecular weight is 365 g/mol. The normalized spacial score (nSPS) is 23.9. The number of piperazine rings is 1. The smallest absolute Gasteiger partial charge is 0.234 e. The van der Waals surface area contributed by atoms with Crippen LogP contribution in [0.5, 0.6) is 5.75 Å². The summed E-state index contributed by atoms with van der Waals surface area (Å²) >= 11 is 0. The van der Waals surface area contributed by atoms with Crippen molar-refractivity contribution < 1.29 is 9.53 Å². The molecule has 2 aliphatic heterocycles. The number of β-lactam (4-membered cyclic amide) rings is 1. The lowest BCUT2D eigenvalue weighted by Crippen LogP contribution is -2.60. The second kappa shape index (κ2) is 7.71. The first kappa shape index (κ1) is 18.0. The number of carbonyl (C=O) groups excluding carboxylic acids is 1. The molecule has 0 bridgehead atoms. The predicted molar refractivity (Wildman–Crippen MR) is 107 cm³/mol. The molecule has 2 atom stereocenters. The molecule has 0 N–H and O–H groups in total. The molecular formula is C22H27N3O2. The van der Waals surface area contributed by atoms with Gasteiger partial charge in [-0.2, -0.15) is 0 Å². The summed E-state index contributed by atoms with van der Waals surface area (Å²) in [7, 11) is 3.81. The fourth-order valence-electron chi connectivity index (χ4n) is 4.10. The largest absolute Gasteiger partial charge is 0.497 e. The zero-order chi connectivity index (χ0) is 18.8. The van der Waals surface area contributed by atoms with E-state index in [1.165, 1.54) is 5.56 Å². The molecule has 142 valence electrons. The van der Waals surface area contributed by atoms with E-state index in [2.05, 4.69) is 41.1 Å². The molecule has 0 aliphatic carbocycles. The first-order valence-corrected chi connectivity index (χ1v) is 9.60. The number of anilines is 1. The van der Waals surface area contributed by atoms with Crippen LogP contribution in [-0.4, -0.2) is 62.6 Å². The lowest BCUT2D eigenvalue weighted by Gasteiger charge is -2.49. The van der Waals surface area contributed by atoms with Crippen molar-refractivity contribution in [2.45, 2.75) is 6.04 Å². The van der Waals surface area contributed by atoms with Crippen molar-refractivity contribution in [3.05, 3.63) is 60.2 Å². The molecular weight excluding hydrogens is 338 g/mol. The summed E-state index contributed by atoms with van der Waals surface area (Å²) in [6.07, 6.45) is 0. The second-order valence-electron chi connectivity index (χ2n) is 7.47. The van der Waals surface area contributed by atoms with Gasteiger partial charge in [0.1, 0.15) is 5.75 Å². The molecule has 0 unspecified atom stereocenters. The van der Waals surface area contributed by atoms with E-state index in [0.717, 1.165) is 44.2 Å². The quantitative estimate of drug-likeness (QED) is 0.764. The molecule has 0 spiro atoms. The Hall–Kier alpha value is -2.37. The topological polar surface area (TPSA) is 36.0 Å². The lowest BCUT2D eigenvalue weighted by atomic mass is 9.81. The Morgan fingerprint density at radius 2 is 1.63 bits per heavy atom. The van der Waals surface area contributed by atoms with Gasteiger partial charge in [-0.1, -0.05) is 30.3 Å². The van der Waals surface area contributed by atoms with Crippen LogP contribution in [0, 0.1) is 5.92 Å². The minimum absolute atomic E-state index is 0.0120. The van der Waals surface area contributed by atoms with E-state index in [-0.39, 0.29) is 17.9 Å². The molecule has 1 amide bonds. The van der Waals surface area contributed by atoms with Crippen LogP contribution in [0.2, 0.25) is 0 Å². The third-order valence-electron chi connectivity index (χ3n) is 5.76. The van der Waals surface area contributed by atoms with E-state index in [0.29, 0.717) is 0 Å². The van der Waals surface area contributed by atoms with Crippen molar-refractivity contribution >= 4 is 11.6 Å². The van der Waals surface area contributed by atoms with E-state index in [1.54, 1.807) is 7.11 Å². The molecule has 2 fully saturated rings. The third-order valence-corrected chi connectivity index (χ3v) is 5.76. The minimum atomic E-state index is 0.0120. The number of benzene rings is 2. The van der Waals surface area contributed by atoms with Gasteiger partial charge in [-0.25, -0.2) is 0 Å². The lowest BCUT2D eigenvalue weighted by molar-refractivity contribution is -0.131. The molecule has 2 aromatic carbocycles. The minimum Gasteiger partial charge on any atom is -0.497 e. The van der Waals surface area contributed by atoms with E-state index in [9.17, 15) is 4.79 Å². The van der Waals surface area contributed by atoms with Crippen LogP contribution in [0.1, 0.15) is 11.6 Å². The molecule has 2 aromatic rings. The van der Waals surface area contributed by atoms with E-state index in [1.807, 2.05) is 35.2 Å². The maximum Gasteiger partial charge on any atom is 0.234 e. The molecule has 0 aromatic heterocycles. The van der Waals surface area contributed by atoms with Gasteiger partial charge in [0, 0.05) is 38.4 Å². The van der Waals surface area contributed by atoms with Crippen molar-refractivity contribution in [1.82, 2.24) is 9.80 Å². The molecule has 5 heteroatoms. The van der Waals surface area contributed by atoms with Crippen LogP contribution in [0.15, 0.2) is 54.6 Å². The van der Waals surface area contributed by atoms with Crippen molar-refractivity contribution in [2.75, 3.05) is 51.8 Å². The number of nitrogens with zero attached hydrogens (tertiary/aromatic N) is 3. The van der Waals surface area contributed by atoms with Crippen LogP contribution < -0.4 is 9.64 Å². The van der Waals surface area contributed by atoms with Crippen LogP contribution >= 0.6 is 0 Å². The van der Waals surface area contributed by atoms with Crippen molar-refractivity contribution in [2.24, 2.45) is 5.92 Å². The summed E-state index contributed by atoms with van der Waals surface area (Å²) < 4.78 is 5.26. The maximum absolute atomic E-state index is 13.1. The summed E-state index contributed by atoms with van der Waals surface area (Å²) in [5, 5.41) is 0. The van der Waals surface area contributed by atoms with Gasteiger partial charge >= 0.3 is 0 Å². The number of methoxy groups -OCH3 is 1. The van der Waals surface area contributed by atoms with Gasteiger partial charge in [0.05, 0.1) is 19.1 Å². The van der Waals surface area contributed by atoms with Crippen molar-refractivity contribution in [1.29, 1.82) is 0 Å². The Balaban J connectivity index is 1.57. The average Bonchev–Trinajstić information content (AvgIpc) is 2.72. The Kier molecular flexibility index (Phi) is 5.14. The zero-order valence-electron chi connectivity index (χ0n) is 16.0. The van der Waals surface area contributed by atoms with Crippen molar-refractivity contribution in [3.63, 3.8) is 0 Å². The van der Waals surface area contributed by atoms with Gasteiger partial charge in [0.2, 0.25) is 5.91 Å². The summed E-state index contributed by atoms with van der Waals surface area (Å²) in [5.41, 5.74) is 2.14.